The van der Waals surface area contributed by atoms with Gasteiger partial charge in [-0.25, -0.2) is 0 Å². The lowest BCUT2D eigenvalue weighted by Gasteiger charge is -2.61. The van der Waals surface area contributed by atoms with Crippen molar-refractivity contribution >= 4 is 11.6 Å². The van der Waals surface area contributed by atoms with Gasteiger partial charge in [0.05, 0.1) is 6.10 Å². The van der Waals surface area contributed by atoms with Gasteiger partial charge in [0.1, 0.15) is 12.4 Å². The number of hydrogen-bond acceptors (Lipinski definition) is 5. The van der Waals surface area contributed by atoms with Crippen molar-refractivity contribution in [2.45, 2.75) is 72.0 Å². The fourth-order valence-corrected chi connectivity index (χ4v) is 8.46. The van der Waals surface area contributed by atoms with Gasteiger partial charge in [0.2, 0.25) is 0 Å². The molecule has 1 N–H and O–H groups in total. The zero-order chi connectivity index (χ0) is 22.8. The summed E-state index contributed by atoms with van der Waals surface area (Å²) in [6.07, 6.45) is 7.71. The fraction of sp³-hybridized carbons (Fsp3) is 0.769. The molecule has 3 saturated carbocycles. The third-order valence-electron chi connectivity index (χ3n) is 9.50. The Kier molecular flexibility index (Phi) is 5.64. The highest BCUT2D eigenvalue weighted by Gasteiger charge is 2.71. The Bertz CT molecular complexity index is 830. The number of rotatable bonds is 5. The molecule has 0 aliphatic heterocycles. The Balaban J connectivity index is 1.81. The highest BCUT2D eigenvalue weighted by atomic mass is 16.7. The Morgan fingerprint density at radius 2 is 1.97 bits per heavy atom. The Morgan fingerprint density at radius 1 is 1.26 bits per heavy atom. The number of carbonyl (C=O) groups excluding carboxylic acids is 2. The van der Waals surface area contributed by atoms with Crippen molar-refractivity contribution in [3.63, 3.8) is 0 Å². The Hall–Kier alpha value is -1.30. The summed E-state index contributed by atoms with van der Waals surface area (Å²) in [6.45, 7) is 10.7. The number of methoxy groups -OCH3 is 1. The van der Waals surface area contributed by atoms with E-state index in [1.54, 1.807) is 19.3 Å². The van der Waals surface area contributed by atoms with E-state index in [1.165, 1.54) is 0 Å². The zero-order valence-electron chi connectivity index (χ0n) is 19.8. The second-order valence-electron chi connectivity index (χ2n) is 10.9. The summed E-state index contributed by atoms with van der Waals surface area (Å²) in [7, 11) is 1.59. The number of ketones is 2. The predicted molar refractivity (Wildman–Crippen MR) is 118 cm³/mol. The molecule has 9 atom stereocenters. The van der Waals surface area contributed by atoms with Crippen molar-refractivity contribution in [1.82, 2.24) is 0 Å². The molecule has 0 aromatic rings. The summed E-state index contributed by atoms with van der Waals surface area (Å²) in [4.78, 5) is 25.6. The summed E-state index contributed by atoms with van der Waals surface area (Å²) in [5.74, 6) is 1.06. The average molecular weight is 431 g/mol. The molecule has 4 rings (SSSR count). The lowest BCUT2D eigenvalue weighted by molar-refractivity contribution is -0.221. The van der Waals surface area contributed by atoms with Crippen molar-refractivity contribution in [2.24, 2.45) is 40.4 Å². The van der Waals surface area contributed by atoms with Crippen LogP contribution in [-0.2, 0) is 19.1 Å². The normalized spacial score (nSPS) is 48.6. The molecule has 0 radical (unpaired) electrons. The van der Waals surface area contributed by atoms with E-state index in [1.807, 2.05) is 13.0 Å². The van der Waals surface area contributed by atoms with E-state index in [0.717, 1.165) is 18.4 Å². The molecule has 0 aromatic carbocycles. The molecule has 0 bridgehead atoms. The van der Waals surface area contributed by atoms with Crippen LogP contribution < -0.4 is 0 Å². The molecular formula is C26H38O5. The van der Waals surface area contributed by atoms with Crippen molar-refractivity contribution in [2.75, 3.05) is 13.9 Å². The smallest absolute Gasteiger partial charge is 0.178 e. The minimum atomic E-state index is -0.937. The standard InChI is InChI=1S/C26H38O5/c1-7-22(29)26(31-14-30-6)16(3)11-20-18-10-15(2)19-12-17(27)8-9-24(19,4)23(18)21(28)13-25(20,26)5/h8-9,12,15-16,18,20-21,23,28H,7,10-11,13-14H2,1-6H3/t15?,16?,18-,20-,21?,23+,24-,25-,26-/m0/s1. The predicted octanol–water partition coefficient (Wildman–Crippen LogP) is 4.10. The SMILES string of the molecule is CCC(=O)[C@@]1(OCOC)C(C)C[C@H]2[C@@H]3CC(C)C4=CC(=O)C=C[C@]4(C)[C@H]3C(O)C[C@@]21C. The van der Waals surface area contributed by atoms with Crippen LogP contribution >= 0.6 is 0 Å². The third-order valence-corrected chi connectivity index (χ3v) is 9.50. The minimum Gasteiger partial charge on any atom is -0.393 e. The fourth-order valence-electron chi connectivity index (χ4n) is 8.46. The van der Waals surface area contributed by atoms with Crippen LogP contribution in [0.2, 0.25) is 0 Å². The van der Waals surface area contributed by atoms with Gasteiger partial charge in [-0.2, -0.15) is 0 Å². The van der Waals surface area contributed by atoms with Gasteiger partial charge in [-0.3, -0.25) is 9.59 Å². The molecule has 0 aromatic heterocycles. The van der Waals surface area contributed by atoms with Crippen LogP contribution in [0.15, 0.2) is 23.8 Å². The van der Waals surface area contributed by atoms with Crippen LogP contribution in [0.1, 0.15) is 60.3 Å². The summed E-state index contributed by atoms with van der Waals surface area (Å²) >= 11 is 0. The maximum absolute atomic E-state index is 13.5. The van der Waals surface area contributed by atoms with Gasteiger partial charge in [0, 0.05) is 30.3 Å². The molecule has 0 heterocycles. The van der Waals surface area contributed by atoms with Gasteiger partial charge in [-0.15, -0.1) is 0 Å². The molecule has 0 saturated heterocycles. The molecular weight excluding hydrogens is 392 g/mol. The Labute approximate surface area is 186 Å². The number of aliphatic hydroxyl groups excluding tert-OH is 1. The van der Waals surface area contributed by atoms with Crippen LogP contribution in [0, 0.1) is 40.4 Å². The van der Waals surface area contributed by atoms with E-state index in [4.69, 9.17) is 9.47 Å². The van der Waals surface area contributed by atoms with E-state index in [2.05, 4.69) is 27.7 Å². The second kappa shape index (κ2) is 7.64. The van der Waals surface area contributed by atoms with Gasteiger partial charge in [-0.05, 0) is 55.1 Å². The van der Waals surface area contributed by atoms with E-state index in [9.17, 15) is 14.7 Å². The molecule has 5 nitrogen and oxygen atoms in total. The highest BCUT2D eigenvalue weighted by Crippen LogP contribution is 2.69. The number of ether oxygens (including phenoxy) is 2. The monoisotopic (exact) mass is 430 g/mol. The highest BCUT2D eigenvalue weighted by molar-refractivity contribution is 6.01. The quantitative estimate of drug-likeness (QED) is 0.665. The third kappa shape index (κ3) is 2.92. The van der Waals surface area contributed by atoms with E-state index < -0.39 is 17.1 Å². The van der Waals surface area contributed by atoms with Crippen molar-refractivity contribution < 1.29 is 24.2 Å². The first-order chi connectivity index (χ1) is 14.6. The number of hydrogen-bond donors (Lipinski definition) is 1. The van der Waals surface area contributed by atoms with Gasteiger partial charge in [0.25, 0.3) is 0 Å². The van der Waals surface area contributed by atoms with Gasteiger partial charge < -0.3 is 14.6 Å². The number of fused-ring (bicyclic) bond motifs is 5. The van der Waals surface area contributed by atoms with Gasteiger partial charge in [-0.1, -0.05) is 46.3 Å². The topological polar surface area (TPSA) is 72.8 Å². The first-order valence-corrected chi connectivity index (χ1v) is 11.9. The van der Waals surface area contributed by atoms with Crippen molar-refractivity contribution in [3.05, 3.63) is 23.8 Å². The lowest BCUT2D eigenvalue weighted by atomic mass is 9.44. The van der Waals surface area contributed by atoms with E-state index in [0.29, 0.717) is 12.8 Å². The molecule has 4 aliphatic rings. The molecule has 31 heavy (non-hydrogen) atoms. The van der Waals surface area contributed by atoms with Crippen LogP contribution in [0.4, 0.5) is 0 Å². The first-order valence-electron chi connectivity index (χ1n) is 11.9. The molecule has 172 valence electrons. The van der Waals surface area contributed by atoms with Crippen LogP contribution in [0.25, 0.3) is 0 Å². The molecule has 3 fully saturated rings. The maximum Gasteiger partial charge on any atom is 0.178 e. The summed E-state index contributed by atoms with van der Waals surface area (Å²) < 4.78 is 11.6. The largest absolute Gasteiger partial charge is 0.393 e. The van der Waals surface area contributed by atoms with Gasteiger partial charge in [0.15, 0.2) is 11.6 Å². The van der Waals surface area contributed by atoms with E-state index >= 15 is 0 Å². The molecule has 5 heteroatoms. The van der Waals surface area contributed by atoms with Crippen LogP contribution in [0.5, 0.6) is 0 Å². The lowest BCUT2D eigenvalue weighted by Crippen LogP contribution is -2.63. The molecule has 4 aliphatic carbocycles. The number of Topliss-reactive ketones (excluding diaryl/α,β-unsaturated/α-hetero) is 1. The zero-order valence-corrected chi connectivity index (χ0v) is 19.8. The number of carbonyl (C=O) groups is 2. The number of allylic oxidation sites excluding steroid dienone is 4. The molecule has 0 amide bonds. The molecule has 3 unspecified atom stereocenters. The second-order valence-corrected chi connectivity index (χ2v) is 10.9. The van der Waals surface area contributed by atoms with E-state index in [-0.39, 0.29) is 53.4 Å². The summed E-state index contributed by atoms with van der Waals surface area (Å²) in [5, 5.41) is 11.6. The van der Waals surface area contributed by atoms with Crippen molar-refractivity contribution in [1.29, 1.82) is 0 Å². The first kappa shape index (κ1) is 22.9. The number of aliphatic hydroxyl groups is 1. The molecule has 0 spiro atoms. The summed E-state index contributed by atoms with van der Waals surface area (Å²) in [6, 6.07) is 0. The van der Waals surface area contributed by atoms with Crippen molar-refractivity contribution in [3.8, 4) is 0 Å². The summed E-state index contributed by atoms with van der Waals surface area (Å²) in [5.41, 5.74) is -0.563. The van der Waals surface area contributed by atoms with Crippen LogP contribution in [0.3, 0.4) is 0 Å². The van der Waals surface area contributed by atoms with Gasteiger partial charge >= 0.3 is 0 Å². The maximum atomic E-state index is 13.5. The Morgan fingerprint density at radius 3 is 2.61 bits per heavy atom. The van der Waals surface area contributed by atoms with Crippen LogP contribution in [-0.4, -0.2) is 42.3 Å². The minimum absolute atomic E-state index is 0.0412. The average Bonchev–Trinajstić information content (AvgIpc) is 2.94.